The zero-order chi connectivity index (χ0) is 12.5. The van der Waals surface area contributed by atoms with Gasteiger partial charge >= 0.3 is 0 Å². The van der Waals surface area contributed by atoms with E-state index in [2.05, 4.69) is 4.98 Å². The predicted octanol–water partition coefficient (Wildman–Crippen LogP) is 3.62. The fourth-order valence-electron chi connectivity index (χ4n) is 2.03. The Morgan fingerprint density at radius 3 is 2.67 bits per heavy atom. The molecule has 0 amide bonds. The van der Waals surface area contributed by atoms with E-state index in [1.54, 1.807) is 12.3 Å². The summed E-state index contributed by atoms with van der Waals surface area (Å²) >= 11 is 0. The Hall–Kier alpha value is -2.42. The quantitative estimate of drug-likeness (QED) is 0.657. The van der Waals surface area contributed by atoms with Crippen molar-refractivity contribution in [2.45, 2.75) is 0 Å². The van der Waals surface area contributed by atoms with Gasteiger partial charge in [-0.2, -0.15) is 0 Å². The molecule has 0 aliphatic carbocycles. The van der Waals surface area contributed by atoms with Gasteiger partial charge in [0.25, 0.3) is 0 Å². The fraction of sp³-hybridized carbons (Fsp3) is 0. The van der Waals surface area contributed by atoms with Crippen molar-refractivity contribution in [3.8, 4) is 11.1 Å². The first-order valence-electron chi connectivity index (χ1n) is 5.65. The van der Waals surface area contributed by atoms with Crippen molar-refractivity contribution in [2.75, 3.05) is 5.73 Å². The Balaban J connectivity index is 2.28. The third-order valence-electron chi connectivity index (χ3n) is 2.94. The molecule has 0 spiro atoms. The highest BCUT2D eigenvalue weighted by atomic mass is 19.1. The Morgan fingerprint density at radius 2 is 1.83 bits per heavy atom. The number of para-hydroxylation sites is 1. The number of nitrogen functional groups attached to an aromatic ring is 1. The maximum Gasteiger partial charge on any atom is 0.146 e. The minimum absolute atomic E-state index is 0.159. The van der Waals surface area contributed by atoms with Gasteiger partial charge in [-0.05, 0) is 23.8 Å². The highest BCUT2D eigenvalue weighted by Gasteiger charge is 2.06. The second-order valence-electron chi connectivity index (χ2n) is 4.12. The third-order valence-corrected chi connectivity index (χ3v) is 2.94. The molecule has 0 unspecified atom stereocenters. The van der Waals surface area contributed by atoms with Crippen molar-refractivity contribution in [1.29, 1.82) is 0 Å². The summed E-state index contributed by atoms with van der Waals surface area (Å²) in [4.78, 5) is 4.36. The fourth-order valence-corrected chi connectivity index (χ4v) is 2.03. The van der Waals surface area contributed by atoms with Crippen LogP contribution in [0.15, 0.2) is 54.7 Å². The van der Waals surface area contributed by atoms with Crippen LogP contribution in [0.4, 0.5) is 10.1 Å². The molecule has 3 rings (SSSR count). The number of aromatic nitrogens is 1. The standard InChI is InChI=1S/C15H11FN2/c16-13-9-11(6-7-14(13)17)12-5-1-3-10-4-2-8-18-15(10)12/h1-9H,17H2. The summed E-state index contributed by atoms with van der Waals surface area (Å²) in [5, 5.41) is 1.03. The average Bonchev–Trinajstić information content (AvgIpc) is 2.41. The number of benzene rings is 2. The minimum atomic E-state index is -0.402. The number of rotatable bonds is 1. The predicted molar refractivity (Wildman–Crippen MR) is 71.5 cm³/mol. The molecule has 2 N–H and O–H groups in total. The van der Waals surface area contributed by atoms with Crippen LogP contribution in [-0.4, -0.2) is 4.98 Å². The zero-order valence-electron chi connectivity index (χ0n) is 9.60. The van der Waals surface area contributed by atoms with Crippen LogP contribution in [0.3, 0.4) is 0 Å². The summed E-state index contributed by atoms with van der Waals surface area (Å²) in [6.07, 6.45) is 1.74. The number of nitrogens with two attached hydrogens (primary N) is 1. The number of hydrogen-bond donors (Lipinski definition) is 1. The van der Waals surface area contributed by atoms with Crippen LogP contribution in [0.5, 0.6) is 0 Å². The number of hydrogen-bond acceptors (Lipinski definition) is 2. The summed E-state index contributed by atoms with van der Waals surface area (Å²) < 4.78 is 13.5. The molecule has 3 heteroatoms. The summed E-state index contributed by atoms with van der Waals surface area (Å²) in [6.45, 7) is 0. The molecule has 18 heavy (non-hydrogen) atoms. The van der Waals surface area contributed by atoms with Gasteiger partial charge < -0.3 is 5.73 Å². The van der Waals surface area contributed by atoms with Gasteiger partial charge in [0.05, 0.1) is 11.2 Å². The summed E-state index contributed by atoms with van der Waals surface area (Å²) in [5.74, 6) is -0.402. The maximum absolute atomic E-state index is 13.5. The normalized spacial score (nSPS) is 10.7. The summed E-state index contributed by atoms with van der Waals surface area (Å²) in [5.41, 5.74) is 8.21. The first-order chi connectivity index (χ1) is 8.75. The van der Waals surface area contributed by atoms with E-state index in [0.717, 1.165) is 22.0 Å². The number of anilines is 1. The highest BCUT2D eigenvalue weighted by molar-refractivity contribution is 5.93. The van der Waals surface area contributed by atoms with Crippen LogP contribution in [0.2, 0.25) is 0 Å². The van der Waals surface area contributed by atoms with Crippen LogP contribution in [-0.2, 0) is 0 Å². The third kappa shape index (κ3) is 1.70. The minimum Gasteiger partial charge on any atom is -0.396 e. The van der Waals surface area contributed by atoms with Gasteiger partial charge in [-0.25, -0.2) is 4.39 Å². The van der Waals surface area contributed by atoms with Gasteiger partial charge in [0.15, 0.2) is 0 Å². The van der Waals surface area contributed by atoms with E-state index in [4.69, 9.17) is 5.73 Å². The number of halogens is 1. The maximum atomic E-state index is 13.5. The molecule has 0 radical (unpaired) electrons. The van der Waals surface area contributed by atoms with Crippen LogP contribution < -0.4 is 5.73 Å². The van der Waals surface area contributed by atoms with Gasteiger partial charge in [-0.1, -0.05) is 30.3 Å². The van der Waals surface area contributed by atoms with Crippen LogP contribution in [0.1, 0.15) is 0 Å². The molecule has 0 saturated carbocycles. The van der Waals surface area contributed by atoms with Crippen LogP contribution in [0, 0.1) is 5.82 Å². The van der Waals surface area contributed by atoms with Crippen molar-refractivity contribution < 1.29 is 4.39 Å². The molecule has 0 aliphatic rings. The summed E-state index contributed by atoms with van der Waals surface area (Å²) in [7, 11) is 0. The monoisotopic (exact) mass is 238 g/mol. The van der Waals surface area contributed by atoms with Crippen molar-refractivity contribution in [3.05, 3.63) is 60.5 Å². The lowest BCUT2D eigenvalue weighted by Crippen LogP contribution is -1.91. The first kappa shape index (κ1) is 10.7. The van der Waals surface area contributed by atoms with E-state index in [0.29, 0.717) is 0 Å². The van der Waals surface area contributed by atoms with E-state index < -0.39 is 5.82 Å². The highest BCUT2D eigenvalue weighted by Crippen LogP contribution is 2.28. The average molecular weight is 238 g/mol. The van der Waals surface area contributed by atoms with E-state index in [1.165, 1.54) is 6.07 Å². The van der Waals surface area contributed by atoms with Crippen LogP contribution in [0.25, 0.3) is 22.0 Å². The molecule has 0 aliphatic heterocycles. The van der Waals surface area contributed by atoms with E-state index in [-0.39, 0.29) is 5.69 Å². The zero-order valence-corrected chi connectivity index (χ0v) is 9.60. The van der Waals surface area contributed by atoms with Gasteiger partial charge in [-0.3, -0.25) is 4.98 Å². The Labute approximate surface area is 104 Å². The first-order valence-corrected chi connectivity index (χ1v) is 5.65. The van der Waals surface area contributed by atoms with Crippen molar-refractivity contribution in [3.63, 3.8) is 0 Å². The van der Waals surface area contributed by atoms with Crippen molar-refractivity contribution >= 4 is 16.6 Å². The second kappa shape index (κ2) is 4.11. The van der Waals surface area contributed by atoms with Gasteiger partial charge in [-0.15, -0.1) is 0 Å². The van der Waals surface area contributed by atoms with Gasteiger partial charge in [0, 0.05) is 17.1 Å². The molecule has 1 heterocycles. The van der Waals surface area contributed by atoms with Crippen LogP contribution >= 0.6 is 0 Å². The summed E-state index contributed by atoms with van der Waals surface area (Å²) in [6, 6.07) is 14.6. The largest absolute Gasteiger partial charge is 0.396 e. The molecular weight excluding hydrogens is 227 g/mol. The van der Waals surface area contributed by atoms with E-state index >= 15 is 0 Å². The Bertz CT molecular complexity index is 717. The lowest BCUT2D eigenvalue weighted by Gasteiger charge is -2.06. The molecule has 3 aromatic rings. The van der Waals surface area contributed by atoms with Crippen molar-refractivity contribution in [1.82, 2.24) is 4.98 Å². The smallest absolute Gasteiger partial charge is 0.146 e. The number of fused-ring (bicyclic) bond motifs is 1. The van der Waals surface area contributed by atoms with Gasteiger partial charge in [0.2, 0.25) is 0 Å². The second-order valence-corrected chi connectivity index (χ2v) is 4.12. The molecule has 2 nitrogen and oxygen atoms in total. The number of nitrogens with zero attached hydrogens (tertiary/aromatic N) is 1. The molecule has 0 atom stereocenters. The molecule has 1 aromatic heterocycles. The molecule has 0 saturated heterocycles. The van der Waals surface area contributed by atoms with E-state index in [9.17, 15) is 4.39 Å². The molecule has 0 bridgehead atoms. The lowest BCUT2D eigenvalue weighted by atomic mass is 10.0. The lowest BCUT2D eigenvalue weighted by molar-refractivity contribution is 0.633. The topological polar surface area (TPSA) is 38.9 Å². The van der Waals surface area contributed by atoms with E-state index in [1.807, 2.05) is 36.4 Å². The van der Waals surface area contributed by atoms with Crippen molar-refractivity contribution in [2.24, 2.45) is 0 Å². The molecule has 0 fully saturated rings. The number of pyridine rings is 1. The Morgan fingerprint density at radius 1 is 1.00 bits per heavy atom. The Kier molecular flexibility index (Phi) is 2.45. The van der Waals surface area contributed by atoms with Gasteiger partial charge in [0.1, 0.15) is 5.82 Å². The SMILES string of the molecule is Nc1ccc(-c2cccc3cccnc23)cc1F. The molecule has 2 aromatic carbocycles. The molecular formula is C15H11FN2. The molecule has 88 valence electrons.